The van der Waals surface area contributed by atoms with E-state index < -0.39 is 0 Å². The Bertz CT molecular complexity index is 106. The number of methoxy groups -OCH3 is 1. The van der Waals surface area contributed by atoms with Gasteiger partial charge in [-0.05, 0) is 13.3 Å². The van der Waals surface area contributed by atoms with E-state index in [1.54, 1.807) is 7.11 Å². The Kier molecular flexibility index (Phi) is 2.65. The Labute approximate surface area is 62.1 Å². The fourth-order valence-corrected chi connectivity index (χ4v) is 1.57. The van der Waals surface area contributed by atoms with Crippen LogP contribution in [0.2, 0.25) is 0 Å². The Morgan fingerprint density at radius 1 is 1.70 bits per heavy atom. The predicted molar refractivity (Wildman–Crippen MR) is 40.6 cm³/mol. The molecule has 0 radical (unpaired) electrons. The average Bonchev–Trinajstić information content (AvgIpc) is 1.88. The van der Waals surface area contributed by atoms with Gasteiger partial charge in [0.2, 0.25) is 0 Å². The van der Waals surface area contributed by atoms with Crippen LogP contribution < -0.4 is 5.73 Å². The Morgan fingerprint density at radius 3 is 2.80 bits per heavy atom. The predicted octanol–water partition coefficient (Wildman–Crippen LogP) is 0.0118. The highest BCUT2D eigenvalue weighted by atomic mass is 16.5. The summed E-state index contributed by atoms with van der Waals surface area (Å²) in [5.74, 6) is 0. The summed E-state index contributed by atoms with van der Waals surface area (Å²) in [7, 11) is 1.73. The van der Waals surface area contributed by atoms with Gasteiger partial charge in [-0.15, -0.1) is 0 Å². The van der Waals surface area contributed by atoms with E-state index in [4.69, 9.17) is 10.5 Å². The molecule has 1 fully saturated rings. The lowest BCUT2D eigenvalue weighted by Crippen LogP contribution is -2.58. The van der Waals surface area contributed by atoms with Gasteiger partial charge in [-0.1, -0.05) is 0 Å². The quantitative estimate of drug-likeness (QED) is 0.606. The van der Waals surface area contributed by atoms with Crippen LogP contribution in [0.5, 0.6) is 0 Å². The minimum atomic E-state index is 0.574. The van der Waals surface area contributed by atoms with E-state index in [0.717, 1.165) is 6.61 Å². The van der Waals surface area contributed by atoms with Crippen molar-refractivity contribution < 1.29 is 4.74 Å². The lowest BCUT2D eigenvalue weighted by molar-refractivity contribution is -0.0182. The summed E-state index contributed by atoms with van der Waals surface area (Å²) >= 11 is 0. The lowest BCUT2D eigenvalue weighted by atomic mass is 9.96. The number of nitrogens with two attached hydrogens (primary N) is 1. The van der Waals surface area contributed by atoms with Crippen molar-refractivity contribution in [2.24, 2.45) is 5.73 Å². The second-order valence-electron chi connectivity index (χ2n) is 2.89. The molecule has 0 saturated carbocycles. The summed E-state index contributed by atoms with van der Waals surface area (Å²) in [6.07, 6.45) is 1.23. The first-order valence-corrected chi connectivity index (χ1v) is 3.74. The topological polar surface area (TPSA) is 38.5 Å². The van der Waals surface area contributed by atoms with Crippen LogP contribution in [0.4, 0.5) is 0 Å². The minimum absolute atomic E-state index is 0.574. The highest BCUT2D eigenvalue weighted by molar-refractivity contribution is 4.88. The molecule has 1 rings (SSSR count). The summed E-state index contributed by atoms with van der Waals surface area (Å²) < 4.78 is 5.03. The van der Waals surface area contributed by atoms with Crippen LogP contribution in [0.15, 0.2) is 0 Å². The third kappa shape index (κ3) is 1.31. The molecule has 1 aliphatic rings. The maximum absolute atomic E-state index is 5.52. The van der Waals surface area contributed by atoms with Crippen LogP contribution in [0, 0.1) is 0 Å². The Morgan fingerprint density at radius 2 is 2.40 bits per heavy atom. The van der Waals surface area contributed by atoms with Crippen LogP contribution >= 0.6 is 0 Å². The first kappa shape index (κ1) is 7.98. The van der Waals surface area contributed by atoms with Gasteiger partial charge < -0.3 is 10.5 Å². The molecule has 0 aromatic rings. The second-order valence-corrected chi connectivity index (χ2v) is 2.89. The van der Waals surface area contributed by atoms with E-state index in [1.807, 2.05) is 0 Å². The minimum Gasteiger partial charge on any atom is -0.383 e. The van der Waals surface area contributed by atoms with Crippen LogP contribution in [0.25, 0.3) is 0 Å². The van der Waals surface area contributed by atoms with Gasteiger partial charge in [0.05, 0.1) is 6.61 Å². The van der Waals surface area contributed by atoms with Gasteiger partial charge in [-0.2, -0.15) is 0 Å². The van der Waals surface area contributed by atoms with Gasteiger partial charge in [0.25, 0.3) is 0 Å². The molecular weight excluding hydrogens is 128 g/mol. The molecule has 2 unspecified atom stereocenters. The summed E-state index contributed by atoms with van der Waals surface area (Å²) in [5.41, 5.74) is 5.52. The molecule has 1 aliphatic heterocycles. The largest absolute Gasteiger partial charge is 0.383 e. The number of hydrogen-bond donors (Lipinski definition) is 1. The summed E-state index contributed by atoms with van der Waals surface area (Å²) in [6, 6.07) is 1.23. The highest BCUT2D eigenvalue weighted by Gasteiger charge is 2.33. The average molecular weight is 144 g/mol. The van der Waals surface area contributed by atoms with Crippen LogP contribution in [-0.2, 0) is 4.74 Å². The number of rotatable bonds is 3. The van der Waals surface area contributed by atoms with Gasteiger partial charge in [0, 0.05) is 25.9 Å². The summed E-state index contributed by atoms with van der Waals surface area (Å²) in [4.78, 5) is 2.25. The molecule has 1 heterocycles. The molecule has 0 amide bonds. The molecule has 0 aromatic heterocycles. The fourth-order valence-electron chi connectivity index (χ4n) is 1.57. The van der Waals surface area contributed by atoms with Crippen molar-refractivity contribution >= 4 is 0 Å². The highest BCUT2D eigenvalue weighted by Crippen LogP contribution is 2.23. The molecule has 3 nitrogen and oxygen atoms in total. The molecular formula is C7H16N2O. The zero-order valence-corrected chi connectivity index (χ0v) is 6.71. The van der Waals surface area contributed by atoms with E-state index in [9.17, 15) is 0 Å². The summed E-state index contributed by atoms with van der Waals surface area (Å²) in [6.45, 7) is 3.68. The van der Waals surface area contributed by atoms with E-state index in [0.29, 0.717) is 18.8 Å². The van der Waals surface area contributed by atoms with E-state index in [1.165, 1.54) is 6.42 Å². The number of hydrogen-bond acceptors (Lipinski definition) is 3. The lowest BCUT2D eigenvalue weighted by Gasteiger charge is -2.45. The van der Waals surface area contributed by atoms with Crippen molar-refractivity contribution in [1.29, 1.82) is 0 Å². The maximum Gasteiger partial charge on any atom is 0.0619 e. The first-order chi connectivity index (χ1) is 4.79. The molecule has 0 bridgehead atoms. The molecule has 1 saturated heterocycles. The van der Waals surface area contributed by atoms with Gasteiger partial charge in [0.15, 0.2) is 0 Å². The van der Waals surface area contributed by atoms with E-state index in [-0.39, 0.29) is 0 Å². The van der Waals surface area contributed by atoms with Crippen LogP contribution in [0.3, 0.4) is 0 Å². The third-order valence-electron chi connectivity index (χ3n) is 2.22. The number of nitrogens with zero attached hydrogens (tertiary/aromatic N) is 1. The zero-order chi connectivity index (χ0) is 7.56. The van der Waals surface area contributed by atoms with Gasteiger partial charge >= 0.3 is 0 Å². The molecule has 0 aromatic carbocycles. The van der Waals surface area contributed by atoms with Crippen molar-refractivity contribution in [3.05, 3.63) is 0 Å². The molecule has 10 heavy (non-hydrogen) atoms. The second kappa shape index (κ2) is 3.32. The van der Waals surface area contributed by atoms with Crippen LogP contribution in [-0.4, -0.2) is 37.4 Å². The van der Waals surface area contributed by atoms with Gasteiger partial charge in [-0.3, -0.25) is 4.90 Å². The fraction of sp³-hybridized carbons (Fsp3) is 1.00. The monoisotopic (exact) mass is 144 g/mol. The molecule has 60 valence electrons. The molecule has 2 N–H and O–H groups in total. The molecule has 3 heteroatoms. The first-order valence-electron chi connectivity index (χ1n) is 3.74. The Hall–Kier alpha value is -0.120. The summed E-state index contributed by atoms with van der Waals surface area (Å²) in [5, 5.41) is 0. The van der Waals surface area contributed by atoms with Crippen molar-refractivity contribution in [1.82, 2.24) is 4.90 Å². The smallest absolute Gasteiger partial charge is 0.0619 e. The Balaban J connectivity index is 2.23. The standard InChI is InChI=1S/C7H16N2O/c1-6-3-7(4-10-2)9(6)5-8/h6-7H,3-5,8H2,1-2H3. The van der Waals surface area contributed by atoms with Crippen molar-refractivity contribution in [3.8, 4) is 0 Å². The SMILES string of the molecule is COCC1CC(C)N1CN. The maximum atomic E-state index is 5.52. The number of likely N-dealkylation sites (tertiary alicyclic amines) is 1. The van der Waals surface area contributed by atoms with Gasteiger partial charge in [-0.25, -0.2) is 0 Å². The molecule has 0 aliphatic carbocycles. The van der Waals surface area contributed by atoms with Crippen molar-refractivity contribution in [3.63, 3.8) is 0 Å². The van der Waals surface area contributed by atoms with E-state index >= 15 is 0 Å². The zero-order valence-electron chi connectivity index (χ0n) is 6.71. The normalized spacial score (nSPS) is 33.9. The van der Waals surface area contributed by atoms with Crippen molar-refractivity contribution in [2.45, 2.75) is 25.4 Å². The third-order valence-corrected chi connectivity index (χ3v) is 2.22. The molecule has 0 spiro atoms. The van der Waals surface area contributed by atoms with Gasteiger partial charge in [0.1, 0.15) is 0 Å². The number of ether oxygens (including phenoxy) is 1. The van der Waals surface area contributed by atoms with E-state index in [2.05, 4.69) is 11.8 Å². The molecule has 2 atom stereocenters. The van der Waals surface area contributed by atoms with Crippen LogP contribution in [0.1, 0.15) is 13.3 Å². The van der Waals surface area contributed by atoms with Crippen molar-refractivity contribution in [2.75, 3.05) is 20.4 Å².